The third kappa shape index (κ3) is 3.77. The second-order valence-electron chi connectivity index (χ2n) is 4.84. The number of hydrogen-bond donors (Lipinski definition) is 1. The normalized spacial score (nSPS) is 16.3. The average Bonchev–Trinajstić information content (AvgIpc) is 2.46. The molecular formula is C14H18N2O3. The molecule has 0 radical (unpaired) electrons. The van der Waals surface area contributed by atoms with E-state index in [1.807, 2.05) is 12.3 Å². The van der Waals surface area contributed by atoms with E-state index in [4.69, 9.17) is 5.11 Å². The molecule has 1 aliphatic heterocycles. The number of aliphatic carboxylic acids is 1. The number of aromatic nitrogens is 1. The summed E-state index contributed by atoms with van der Waals surface area (Å²) >= 11 is 0. The largest absolute Gasteiger partial charge is 0.481 e. The molecule has 5 nitrogen and oxygen atoms in total. The van der Waals surface area contributed by atoms with Gasteiger partial charge in [0.25, 0.3) is 0 Å². The van der Waals surface area contributed by atoms with Crippen molar-refractivity contribution in [2.24, 2.45) is 0 Å². The van der Waals surface area contributed by atoms with E-state index in [0.29, 0.717) is 19.0 Å². The number of likely N-dealkylation sites (tertiary alicyclic amines) is 1. The Balaban J connectivity index is 1.82. The minimum Gasteiger partial charge on any atom is -0.481 e. The molecule has 1 fully saturated rings. The highest BCUT2D eigenvalue weighted by Gasteiger charge is 2.23. The Morgan fingerprint density at radius 2 is 2.05 bits per heavy atom. The number of rotatable bonds is 4. The van der Waals surface area contributed by atoms with Crippen LogP contribution in [0.4, 0.5) is 0 Å². The van der Waals surface area contributed by atoms with Gasteiger partial charge < -0.3 is 10.0 Å². The smallest absolute Gasteiger partial charge is 0.303 e. The molecule has 1 N–H and O–H groups in total. The molecule has 19 heavy (non-hydrogen) atoms. The minimum atomic E-state index is -0.918. The number of carboxylic acid groups (broad SMARTS) is 1. The molecule has 2 heterocycles. The third-order valence-corrected chi connectivity index (χ3v) is 3.56. The Hall–Kier alpha value is -1.91. The third-order valence-electron chi connectivity index (χ3n) is 3.56. The van der Waals surface area contributed by atoms with Gasteiger partial charge in [-0.05, 0) is 30.4 Å². The number of hydrogen-bond acceptors (Lipinski definition) is 3. The highest BCUT2D eigenvalue weighted by molar-refractivity contribution is 5.80. The van der Waals surface area contributed by atoms with Gasteiger partial charge in [0.15, 0.2) is 0 Å². The summed E-state index contributed by atoms with van der Waals surface area (Å²) in [6, 6.07) is 4.00. The van der Waals surface area contributed by atoms with Crippen molar-refractivity contribution < 1.29 is 14.7 Å². The molecule has 0 aromatic carbocycles. The fourth-order valence-electron chi connectivity index (χ4n) is 2.45. The summed E-state index contributed by atoms with van der Waals surface area (Å²) in [4.78, 5) is 28.1. The lowest BCUT2D eigenvalue weighted by Gasteiger charge is -2.32. The molecule has 2 rings (SSSR count). The number of amides is 1. The van der Waals surface area contributed by atoms with Gasteiger partial charge in [-0.1, -0.05) is 6.07 Å². The molecule has 1 aliphatic rings. The SMILES string of the molecule is O=C(O)CCC(=O)N1CCC(c2cccnc2)CC1. The lowest BCUT2D eigenvalue weighted by molar-refractivity contribution is -0.141. The van der Waals surface area contributed by atoms with Gasteiger partial charge in [0.05, 0.1) is 6.42 Å². The molecule has 0 spiro atoms. The Morgan fingerprint density at radius 1 is 1.32 bits per heavy atom. The van der Waals surface area contributed by atoms with E-state index >= 15 is 0 Å². The topological polar surface area (TPSA) is 70.5 Å². The molecule has 0 bridgehead atoms. The maximum atomic E-state index is 11.8. The van der Waals surface area contributed by atoms with Gasteiger partial charge in [-0.3, -0.25) is 14.6 Å². The van der Waals surface area contributed by atoms with E-state index < -0.39 is 5.97 Å². The zero-order chi connectivity index (χ0) is 13.7. The van der Waals surface area contributed by atoms with Crippen molar-refractivity contribution >= 4 is 11.9 Å². The van der Waals surface area contributed by atoms with E-state index in [1.165, 1.54) is 5.56 Å². The van der Waals surface area contributed by atoms with Gasteiger partial charge in [-0.2, -0.15) is 0 Å². The van der Waals surface area contributed by atoms with Gasteiger partial charge in [-0.15, -0.1) is 0 Å². The van der Waals surface area contributed by atoms with Crippen molar-refractivity contribution in [1.82, 2.24) is 9.88 Å². The molecule has 1 aromatic rings. The van der Waals surface area contributed by atoms with Gasteiger partial charge >= 0.3 is 5.97 Å². The fraction of sp³-hybridized carbons (Fsp3) is 0.500. The van der Waals surface area contributed by atoms with Gasteiger partial charge in [0.1, 0.15) is 0 Å². The minimum absolute atomic E-state index is 0.0490. The maximum Gasteiger partial charge on any atom is 0.303 e. The number of pyridine rings is 1. The molecule has 1 saturated heterocycles. The summed E-state index contributed by atoms with van der Waals surface area (Å²) < 4.78 is 0. The highest BCUT2D eigenvalue weighted by atomic mass is 16.4. The predicted molar refractivity (Wildman–Crippen MR) is 69.7 cm³/mol. The summed E-state index contributed by atoms with van der Waals surface area (Å²) in [5.41, 5.74) is 1.22. The first-order valence-electron chi connectivity index (χ1n) is 6.56. The van der Waals surface area contributed by atoms with Crippen molar-refractivity contribution in [3.05, 3.63) is 30.1 Å². The van der Waals surface area contributed by atoms with Gasteiger partial charge in [0, 0.05) is 31.9 Å². The first kappa shape index (κ1) is 13.5. The Bertz CT molecular complexity index is 439. The number of carbonyl (C=O) groups excluding carboxylic acids is 1. The molecule has 1 aromatic heterocycles. The van der Waals surface area contributed by atoms with E-state index in [0.717, 1.165) is 12.8 Å². The summed E-state index contributed by atoms with van der Waals surface area (Å²) in [5, 5.41) is 8.57. The quantitative estimate of drug-likeness (QED) is 0.895. The molecule has 0 saturated carbocycles. The second kappa shape index (κ2) is 6.31. The fourth-order valence-corrected chi connectivity index (χ4v) is 2.45. The van der Waals surface area contributed by atoms with Crippen LogP contribution in [-0.2, 0) is 9.59 Å². The highest BCUT2D eigenvalue weighted by Crippen LogP contribution is 2.27. The van der Waals surface area contributed by atoms with E-state index in [2.05, 4.69) is 11.1 Å². The van der Waals surface area contributed by atoms with Crippen molar-refractivity contribution in [2.45, 2.75) is 31.6 Å². The number of carbonyl (C=O) groups is 2. The zero-order valence-electron chi connectivity index (χ0n) is 10.8. The predicted octanol–water partition coefficient (Wildman–Crippen LogP) is 1.65. The van der Waals surface area contributed by atoms with Crippen LogP contribution in [0, 0.1) is 0 Å². The van der Waals surface area contributed by atoms with Crippen LogP contribution in [0.1, 0.15) is 37.2 Å². The molecule has 5 heteroatoms. The maximum absolute atomic E-state index is 11.8. The molecule has 0 unspecified atom stereocenters. The van der Waals surface area contributed by atoms with Crippen LogP contribution in [0.3, 0.4) is 0 Å². The lowest BCUT2D eigenvalue weighted by Crippen LogP contribution is -2.38. The first-order valence-corrected chi connectivity index (χ1v) is 6.56. The summed E-state index contributed by atoms with van der Waals surface area (Å²) in [6.45, 7) is 1.41. The Kier molecular flexibility index (Phi) is 4.49. The van der Waals surface area contributed by atoms with Crippen molar-refractivity contribution in [3.63, 3.8) is 0 Å². The Morgan fingerprint density at radius 3 is 2.63 bits per heavy atom. The molecule has 102 valence electrons. The number of piperidine rings is 1. The average molecular weight is 262 g/mol. The van der Waals surface area contributed by atoms with Crippen molar-refractivity contribution in [2.75, 3.05) is 13.1 Å². The van der Waals surface area contributed by atoms with Crippen LogP contribution < -0.4 is 0 Å². The first-order chi connectivity index (χ1) is 9.16. The van der Waals surface area contributed by atoms with E-state index in [9.17, 15) is 9.59 Å². The molecular weight excluding hydrogens is 244 g/mol. The van der Waals surface area contributed by atoms with Crippen LogP contribution in [0.15, 0.2) is 24.5 Å². The standard InChI is InChI=1S/C14H18N2O3/c17-13(3-4-14(18)19)16-8-5-11(6-9-16)12-2-1-7-15-10-12/h1-2,7,10-11H,3-6,8-9H2,(H,18,19). The van der Waals surface area contributed by atoms with Crippen molar-refractivity contribution in [3.8, 4) is 0 Å². The van der Waals surface area contributed by atoms with Crippen LogP contribution in [0.2, 0.25) is 0 Å². The van der Waals surface area contributed by atoms with E-state index in [1.54, 1.807) is 11.1 Å². The van der Waals surface area contributed by atoms with E-state index in [-0.39, 0.29) is 18.7 Å². The second-order valence-corrected chi connectivity index (χ2v) is 4.84. The van der Waals surface area contributed by atoms with Crippen LogP contribution >= 0.6 is 0 Å². The zero-order valence-corrected chi connectivity index (χ0v) is 10.8. The van der Waals surface area contributed by atoms with Crippen LogP contribution in [0.5, 0.6) is 0 Å². The number of carboxylic acids is 1. The van der Waals surface area contributed by atoms with Gasteiger partial charge in [0.2, 0.25) is 5.91 Å². The van der Waals surface area contributed by atoms with Crippen molar-refractivity contribution in [1.29, 1.82) is 0 Å². The Labute approximate surface area is 112 Å². The summed E-state index contributed by atoms with van der Waals surface area (Å²) in [6.07, 6.45) is 5.50. The lowest BCUT2D eigenvalue weighted by atomic mass is 9.90. The molecule has 0 atom stereocenters. The monoisotopic (exact) mass is 262 g/mol. The van der Waals surface area contributed by atoms with Crippen LogP contribution in [-0.4, -0.2) is 40.0 Å². The summed E-state index contributed by atoms with van der Waals surface area (Å²) in [7, 11) is 0. The van der Waals surface area contributed by atoms with Gasteiger partial charge in [-0.25, -0.2) is 0 Å². The molecule has 1 amide bonds. The van der Waals surface area contributed by atoms with Crippen LogP contribution in [0.25, 0.3) is 0 Å². The number of nitrogens with zero attached hydrogens (tertiary/aromatic N) is 2. The molecule has 0 aliphatic carbocycles. The summed E-state index contributed by atoms with van der Waals surface area (Å²) in [5.74, 6) is -0.511.